The molecule has 5 heteroatoms. The van der Waals surface area contributed by atoms with E-state index in [1.165, 1.54) is 20.9 Å². The van der Waals surface area contributed by atoms with Gasteiger partial charge in [0.1, 0.15) is 0 Å². The molecule has 2 aromatic rings. The van der Waals surface area contributed by atoms with Gasteiger partial charge in [-0.1, -0.05) is 12.1 Å². The second kappa shape index (κ2) is 9.16. The Labute approximate surface area is 155 Å². The largest absolute Gasteiger partial charge is 0.344 e. The quantitative estimate of drug-likeness (QED) is 0.739. The fraction of sp³-hybridized carbons (Fsp3) is 0.421. The molecule has 0 atom stereocenters. The maximum absolute atomic E-state index is 5.70. The van der Waals surface area contributed by atoms with Crippen LogP contribution in [0.1, 0.15) is 22.4 Å². The first-order valence-electron chi connectivity index (χ1n) is 8.40. The molecule has 1 aromatic carbocycles. The summed E-state index contributed by atoms with van der Waals surface area (Å²) in [5.74, 6) is 0. The number of anilines is 1. The van der Waals surface area contributed by atoms with Crippen LogP contribution in [0.15, 0.2) is 35.7 Å². The number of nitrogens with zero attached hydrogens (tertiary/aromatic N) is 1. The molecule has 2 N–H and O–H groups in total. The molecule has 0 aliphatic heterocycles. The zero-order valence-corrected chi connectivity index (χ0v) is 16.7. The van der Waals surface area contributed by atoms with Gasteiger partial charge in [0.05, 0.1) is 27.2 Å². The highest BCUT2D eigenvalue weighted by Gasteiger charge is 2.12. The van der Waals surface area contributed by atoms with Gasteiger partial charge >= 0.3 is 0 Å². The van der Waals surface area contributed by atoms with Crippen LogP contribution in [-0.4, -0.2) is 37.2 Å². The van der Waals surface area contributed by atoms with Crippen molar-refractivity contribution in [2.75, 3.05) is 32.5 Å². The number of aryl methyl sites for hydroxylation is 2. The summed E-state index contributed by atoms with van der Waals surface area (Å²) in [4.78, 5) is 5.09. The summed E-state index contributed by atoms with van der Waals surface area (Å²) in [7, 11) is 4.38. The molecule has 1 aromatic heterocycles. The van der Waals surface area contributed by atoms with Gasteiger partial charge in [-0.05, 0) is 60.8 Å². The van der Waals surface area contributed by atoms with Crippen LogP contribution in [0.5, 0.6) is 0 Å². The molecule has 0 radical (unpaired) electrons. The van der Waals surface area contributed by atoms with Crippen molar-refractivity contribution in [2.24, 2.45) is 0 Å². The molecule has 0 fully saturated rings. The van der Waals surface area contributed by atoms with Crippen LogP contribution < -0.4 is 10.2 Å². The summed E-state index contributed by atoms with van der Waals surface area (Å²) in [6, 6.07) is 10.7. The zero-order valence-electron chi connectivity index (χ0n) is 15.1. The summed E-state index contributed by atoms with van der Waals surface area (Å²) in [5.41, 5.74) is 3.65. The topological polar surface area (TPSA) is 19.7 Å². The van der Waals surface area contributed by atoms with Gasteiger partial charge in [-0.25, -0.2) is 0 Å². The lowest BCUT2D eigenvalue weighted by molar-refractivity contribution is -0.858. The highest BCUT2D eigenvalue weighted by Crippen LogP contribution is 2.17. The van der Waals surface area contributed by atoms with E-state index in [0.717, 1.165) is 36.9 Å². The summed E-state index contributed by atoms with van der Waals surface area (Å²) < 4.78 is 0. The van der Waals surface area contributed by atoms with Crippen LogP contribution in [0.25, 0.3) is 0 Å². The normalized spacial score (nSPS) is 10.9. The van der Waals surface area contributed by atoms with Crippen LogP contribution in [0, 0.1) is 13.8 Å². The van der Waals surface area contributed by atoms with Gasteiger partial charge in [-0.2, -0.15) is 0 Å². The number of rotatable bonds is 7. The van der Waals surface area contributed by atoms with Crippen molar-refractivity contribution in [3.8, 4) is 0 Å². The van der Waals surface area contributed by atoms with Gasteiger partial charge in [0, 0.05) is 23.5 Å². The molecular weight excluding hydrogens is 334 g/mol. The molecule has 130 valence electrons. The number of quaternary nitrogens is 1. The average molecular weight is 363 g/mol. The van der Waals surface area contributed by atoms with Gasteiger partial charge < -0.3 is 15.1 Å². The molecule has 0 aliphatic carbocycles. The molecule has 0 spiro atoms. The van der Waals surface area contributed by atoms with Gasteiger partial charge in [-0.3, -0.25) is 0 Å². The second-order valence-corrected chi connectivity index (χ2v) is 7.96. The summed E-state index contributed by atoms with van der Waals surface area (Å²) in [5, 5.41) is 6.34. The van der Waals surface area contributed by atoms with Crippen molar-refractivity contribution in [1.82, 2.24) is 4.90 Å². The molecule has 0 saturated carbocycles. The first-order chi connectivity index (χ1) is 11.5. The number of thiophene rings is 1. The monoisotopic (exact) mass is 362 g/mol. The van der Waals surface area contributed by atoms with Gasteiger partial charge in [0.25, 0.3) is 0 Å². The fourth-order valence-corrected chi connectivity index (χ4v) is 3.48. The molecular formula is C19H28N3S2+. The highest BCUT2D eigenvalue weighted by molar-refractivity contribution is 7.80. The third-order valence-electron chi connectivity index (χ3n) is 4.08. The van der Waals surface area contributed by atoms with Crippen molar-refractivity contribution in [1.29, 1.82) is 0 Å². The SMILES string of the molecule is Cc1ccc(NC(=S)N(CCC[NH+](C)C)Cc2cccs2)cc1C. The summed E-state index contributed by atoms with van der Waals surface area (Å²) >= 11 is 7.48. The molecule has 0 bridgehead atoms. The molecule has 0 saturated heterocycles. The van der Waals surface area contributed by atoms with E-state index in [9.17, 15) is 0 Å². The number of nitrogens with one attached hydrogen (secondary N) is 2. The van der Waals surface area contributed by atoms with Crippen LogP contribution in [0.2, 0.25) is 0 Å². The number of hydrogen-bond acceptors (Lipinski definition) is 2. The average Bonchev–Trinajstić information content (AvgIpc) is 3.02. The Morgan fingerprint density at radius 1 is 1.21 bits per heavy atom. The third-order valence-corrected chi connectivity index (χ3v) is 5.30. The molecule has 1 heterocycles. The minimum Gasteiger partial charge on any atom is -0.344 e. The Morgan fingerprint density at radius 3 is 2.62 bits per heavy atom. The Hall–Kier alpha value is -1.43. The van der Waals surface area contributed by atoms with E-state index < -0.39 is 0 Å². The Balaban J connectivity index is 2.03. The van der Waals surface area contributed by atoms with Crippen molar-refractivity contribution in [2.45, 2.75) is 26.8 Å². The van der Waals surface area contributed by atoms with E-state index in [1.54, 1.807) is 11.3 Å². The third kappa shape index (κ3) is 5.89. The lowest BCUT2D eigenvalue weighted by atomic mass is 10.1. The van der Waals surface area contributed by atoms with Crippen molar-refractivity contribution >= 4 is 34.4 Å². The highest BCUT2D eigenvalue weighted by atomic mass is 32.1. The Kier molecular flexibility index (Phi) is 7.21. The van der Waals surface area contributed by atoms with Gasteiger partial charge in [0.2, 0.25) is 0 Å². The van der Waals surface area contributed by atoms with E-state index in [1.807, 2.05) is 0 Å². The first kappa shape index (κ1) is 18.9. The van der Waals surface area contributed by atoms with Crippen LogP contribution >= 0.6 is 23.6 Å². The predicted octanol–water partition coefficient (Wildman–Crippen LogP) is 3.10. The van der Waals surface area contributed by atoms with E-state index in [0.29, 0.717) is 0 Å². The van der Waals surface area contributed by atoms with E-state index >= 15 is 0 Å². The van der Waals surface area contributed by atoms with E-state index in [4.69, 9.17) is 12.2 Å². The maximum Gasteiger partial charge on any atom is 0.173 e. The van der Waals surface area contributed by atoms with E-state index in [2.05, 4.69) is 73.9 Å². The van der Waals surface area contributed by atoms with Gasteiger partial charge in [0.15, 0.2) is 5.11 Å². The first-order valence-corrected chi connectivity index (χ1v) is 9.69. The molecule has 24 heavy (non-hydrogen) atoms. The van der Waals surface area contributed by atoms with Gasteiger partial charge in [-0.15, -0.1) is 11.3 Å². The molecule has 0 unspecified atom stereocenters. The Morgan fingerprint density at radius 2 is 2.00 bits per heavy atom. The summed E-state index contributed by atoms with van der Waals surface area (Å²) in [6.07, 6.45) is 1.13. The van der Waals surface area contributed by atoms with Crippen molar-refractivity contribution < 1.29 is 4.90 Å². The predicted molar refractivity (Wildman–Crippen MR) is 109 cm³/mol. The molecule has 0 aliphatic rings. The van der Waals surface area contributed by atoms with Crippen molar-refractivity contribution in [3.63, 3.8) is 0 Å². The van der Waals surface area contributed by atoms with E-state index in [-0.39, 0.29) is 0 Å². The van der Waals surface area contributed by atoms with Crippen molar-refractivity contribution in [3.05, 3.63) is 51.7 Å². The number of hydrogen-bond donors (Lipinski definition) is 2. The zero-order chi connectivity index (χ0) is 17.5. The molecule has 0 amide bonds. The molecule has 2 rings (SSSR count). The minimum absolute atomic E-state index is 0.806. The Bertz CT molecular complexity index is 651. The smallest absolute Gasteiger partial charge is 0.173 e. The standard InChI is InChI=1S/C19H27N3S2/c1-15-8-9-17(13-16(15)2)20-19(23)22(11-6-10-21(3)4)14-18-7-5-12-24-18/h5,7-9,12-13H,6,10-11,14H2,1-4H3,(H,20,23)/p+1. The minimum atomic E-state index is 0.806. The lowest BCUT2D eigenvalue weighted by Gasteiger charge is -2.26. The number of benzene rings is 1. The number of thiocarbonyl (C=S) groups is 1. The van der Waals surface area contributed by atoms with Crippen LogP contribution in [0.4, 0.5) is 5.69 Å². The summed E-state index contributed by atoms with van der Waals surface area (Å²) in [6.45, 7) is 7.25. The maximum atomic E-state index is 5.70. The molecule has 3 nitrogen and oxygen atoms in total. The lowest BCUT2D eigenvalue weighted by Crippen LogP contribution is -3.05. The fourth-order valence-electron chi connectivity index (χ4n) is 2.49. The van der Waals surface area contributed by atoms with Crippen LogP contribution in [0.3, 0.4) is 0 Å². The second-order valence-electron chi connectivity index (χ2n) is 6.54. The van der Waals surface area contributed by atoms with Crippen LogP contribution in [-0.2, 0) is 6.54 Å².